The van der Waals surface area contributed by atoms with Gasteiger partial charge in [0.1, 0.15) is 0 Å². The molecule has 1 aromatic heterocycles. The van der Waals surface area contributed by atoms with Gasteiger partial charge in [0, 0.05) is 38.9 Å². The van der Waals surface area contributed by atoms with Crippen LogP contribution in [0.4, 0.5) is 17.1 Å². The van der Waals surface area contributed by atoms with Crippen LogP contribution in [0, 0.1) is 0 Å². The van der Waals surface area contributed by atoms with Crippen molar-refractivity contribution in [3.05, 3.63) is 193 Å². The van der Waals surface area contributed by atoms with Crippen LogP contribution in [0.1, 0.15) is 68.6 Å². The van der Waals surface area contributed by atoms with Gasteiger partial charge in [0.15, 0.2) is 0 Å². The highest BCUT2D eigenvalue weighted by Crippen LogP contribution is 2.51. The number of fused-ring (bicyclic) bond motifs is 7. The Bertz CT molecular complexity index is 2960. The first-order valence-corrected chi connectivity index (χ1v) is 20.8. The molecule has 9 aromatic rings. The van der Waals surface area contributed by atoms with Gasteiger partial charge in [0.05, 0.1) is 11.0 Å². The van der Waals surface area contributed by atoms with Gasteiger partial charge in [-0.1, -0.05) is 148 Å². The summed E-state index contributed by atoms with van der Waals surface area (Å²) in [5.41, 5.74) is 16.5. The summed E-state index contributed by atoms with van der Waals surface area (Å²) < 4.78 is 2.49. The summed E-state index contributed by atoms with van der Waals surface area (Å²) in [5.74, 6) is 0.642. The molecule has 1 fully saturated rings. The third kappa shape index (κ3) is 5.53. The molecular formula is C55H46N2. The van der Waals surface area contributed by atoms with Crippen molar-refractivity contribution >= 4 is 49.6 Å². The maximum Gasteiger partial charge on any atom is 0.0543 e. The van der Waals surface area contributed by atoms with Crippen molar-refractivity contribution in [1.82, 2.24) is 4.57 Å². The number of hydrogen-bond donors (Lipinski definition) is 0. The summed E-state index contributed by atoms with van der Waals surface area (Å²) >= 11 is 0. The van der Waals surface area contributed by atoms with Gasteiger partial charge in [0.25, 0.3) is 0 Å². The van der Waals surface area contributed by atoms with Crippen molar-refractivity contribution < 1.29 is 0 Å². The van der Waals surface area contributed by atoms with Crippen molar-refractivity contribution in [1.29, 1.82) is 0 Å². The number of nitrogens with zero attached hydrogens (tertiary/aromatic N) is 2. The van der Waals surface area contributed by atoms with Crippen LogP contribution < -0.4 is 4.90 Å². The minimum absolute atomic E-state index is 0.102. The molecule has 1 saturated carbocycles. The third-order valence-corrected chi connectivity index (χ3v) is 13.2. The average molecular weight is 735 g/mol. The Kier molecular flexibility index (Phi) is 7.96. The standard InChI is InChI=1S/C55H46N2/c1-55(2)51-23-12-11-21-47(51)48-32-29-44(36-52(48)55)56(42-27-24-39(25-28-42)46-22-13-17-38-16-9-10-20-45(38)46)43-30-33-53-50(35-43)49-31-26-40(37-14-5-3-6-15-37)34-54(49)57(53)41-18-7-4-8-19-41/h4,7-13,16-37H,3,5-6,14-15H2,1-2H3. The zero-order valence-corrected chi connectivity index (χ0v) is 32.8. The fourth-order valence-corrected chi connectivity index (χ4v) is 10.3. The molecule has 0 spiro atoms. The van der Waals surface area contributed by atoms with Gasteiger partial charge in [-0.3, -0.25) is 0 Å². The third-order valence-electron chi connectivity index (χ3n) is 13.2. The number of hydrogen-bond acceptors (Lipinski definition) is 1. The second-order valence-corrected chi connectivity index (χ2v) is 16.8. The monoisotopic (exact) mass is 734 g/mol. The average Bonchev–Trinajstić information content (AvgIpc) is 3.71. The summed E-state index contributed by atoms with van der Waals surface area (Å²) in [6.45, 7) is 4.74. The zero-order chi connectivity index (χ0) is 38.1. The van der Waals surface area contributed by atoms with E-state index in [1.54, 1.807) is 0 Å². The molecule has 0 atom stereocenters. The highest BCUT2D eigenvalue weighted by Gasteiger charge is 2.36. The maximum atomic E-state index is 2.50. The lowest BCUT2D eigenvalue weighted by molar-refractivity contribution is 0.444. The van der Waals surface area contributed by atoms with E-state index in [0.717, 1.165) is 11.4 Å². The van der Waals surface area contributed by atoms with E-state index in [1.807, 2.05) is 0 Å². The molecule has 2 aliphatic carbocycles. The van der Waals surface area contributed by atoms with Gasteiger partial charge in [-0.2, -0.15) is 0 Å². The molecule has 1 heterocycles. The molecule has 0 bridgehead atoms. The van der Waals surface area contributed by atoms with Crippen LogP contribution in [0.5, 0.6) is 0 Å². The highest BCUT2D eigenvalue weighted by molar-refractivity contribution is 6.11. The number of aromatic nitrogens is 1. The van der Waals surface area contributed by atoms with E-state index < -0.39 is 0 Å². The Labute approximate surface area is 335 Å². The van der Waals surface area contributed by atoms with Gasteiger partial charge in [0.2, 0.25) is 0 Å². The van der Waals surface area contributed by atoms with Gasteiger partial charge in [-0.15, -0.1) is 0 Å². The van der Waals surface area contributed by atoms with E-state index >= 15 is 0 Å². The van der Waals surface area contributed by atoms with Crippen molar-refractivity contribution in [2.75, 3.05) is 4.90 Å². The molecule has 2 nitrogen and oxygen atoms in total. The van der Waals surface area contributed by atoms with E-state index in [2.05, 4.69) is 199 Å². The SMILES string of the molecule is CC1(C)c2ccccc2-c2ccc(N(c3ccc(-c4cccc5ccccc45)cc3)c3ccc4c(c3)c3ccc(C5CCCCC5)cc3n4-c3ccccc3)cc21. The second kappa shape index (κ2) is 13.4. The zero-order valence-electron chi connectivity index (χ0n) is 32.8. The van der Waals surface area contributed by atoms with Crippen molar-refractivity contribution in [3.8, 4) is 27.9 Å². The van der Waals surface area contributed by atoms with E-state index in [4.69, 9.17) is 0 Å². The van der Waals surface area contributed by atoms with Crippen LogP contribution in [-0.4, -0.2) is 4.57 Å². The van der Waals surface area contributed by atoms with Crippen LogP contribution in [0.15, 0.2) is 176 Å². The lowest BCUT2D eigenvalue weighted by atomic mass is 9.82. The quantitative estimate of drug-likeness (QED) is 0.165. The summed E-state index contributed by atoms with van der Waals surface area (Å²) in [5, 5.41) is 5.10. The Balaban J connectivity index is 1.10. The molecular weight excluding hydrogens is 689 g/mol. The van der Waals surface area contributed by atoms with Crippen LogP contribution in [0.2, 0.25) is 0 Å². The molecule has 0 N–H and O–H groups in total. The maximum absolute atomic E-state index is 2.50. The Hall–Kier alpha value is -6.38. The normalized spacial score (nSPS) is 14.9. The van der Waals surface area contributed by atoms with Crippen LogP contribution >= 0.6 is 0 Å². The lowest BCUT2D eigenvalue weighted by Gasteiger charge is -2.28. The van der Waals surface area contributed by atoms with E-state index in [1.165, 1.54) is 115 Å². The molecule has 8 aromatic carbocycles. The predicted octanol–water partition coefficient (Wildman–Crippen LogP) is 15.4. The molecule has 0 aliphatic heterocycles. The van der Waals surface area contributed by atoms with E-state index in [-0.39, 0.29) is 5.41 Å². The molecule has 0 unspecified atom stereocenters. The number of para-hydroxylation sites is 1. The summed E-state index contributed by atoms with van der Waals surface area (Å²) in [6.07, 6.45) is 6.61. The molecule has 276 valence electrons. The fraction of sp³-hybridized carbons (Fsp3) is 0.164. The van der Waals surface area contributed by atoms with Gasteiger partial charge < -0.3 is 9.47 Å². The molecule has 11 rings (SSSR count). The van der Waals surface area contributed by atoms with Crippen molar-refractivity contribution in [2.24, 2.45) is 0 Å². The van der Waals surface area contributed by atoms with Crippen molar-refractivity contribution in [2.45, 2.75) is 57.3 Å². The van der Waals surface area contributed by atoms with Crippen LogP contribution in [0.3, 0.4) is 0 Å². The minimum atomic E-state index is -0.102. The van der Waals surface area contributed by atoms with Gasteiger partial charge >= 0.3 is 0 Å². The van der Waals surface area contributed by atoms with Crippen LogP contribution in [-0.2, 0) is 5.41 Å². The smallest absolute Gasteiger partial charge is 0.0543 e. The summed E-state index contributed by atoms with van der Waals surface area (Å²) in [6, 6.07) is 65.9. The molecule has 2 aliphatic rings. The first-order valence-electron chi connectivity index (χ1n) is 20.8. The molecule has 0 radical (unpaired) electrons. The fourth-order valence-electron chi connectivity index (χ4n) is 10.3. The van der Waals surface area contributed by atoms with Gasteiger partial charge in [-0.05, 0) is 129 Å². The van der Waals surface area contributed by atoms with E-state index in [0.29, 0.717) is 5.92 Å². The van der Waals surface area contributed by atoms with Crippen LogP contribution in [0.25, 0.3) is 60.5 Å². The minimum Gasteiger partial charge on any atom is -0.310 e. The second-order valence-electron chi connectivity index (χ2n) is 16.8. The molecule has 0 amide bonds. The molecule has 0 saturated heterocycles. The number of rotatable bonds is 6. The summed E-state index contributed by atoms with van der Waals surface area (Å²) in [7, 11) is 0. The predicted molar refractivity (Wildman–Crippen MR) is 242 cm³/mol. The number of anilines is 3. The highest BCUT2D eigenvalue weighted by atomic mass is 15.1. The largest absolute Gasteiger partial charge is 0.310 e. The first-order chi connectivity index (χ1) is 28.0. The number of benzene rings is 8. The Morgan fingerprint density at radius 3 is 2.02 bits per heavy atom. The molecule has 57 heavy (non-hydrogen) atoms. The van der Waals surface area contributed by atoms with E-state index in [9.17, 15) is 0 Å². The molecule has 2 heteroatoms. The Morgan fingerprint density at radius 1 is 0.474 bits per heavy atom. The Morgan fingerprint density at radius 2 is 1.16 bits per heavy atom. The van der Waals surface area contributed by atoms with Gasteiger partial charge in [-0.25, -0.2) is 0 Å². The lowest BCUT2D eigenvalue weighted by Crippen LogP contribution is -2.16. The van der Waals surface area contributed by atoms with Crippen molar-refractivity contribution in [3.63, 3.8) is 0 Å². The first kappa shape index (κ1) is 33.9. The topological polar surface area (TPSA) is 8.17 Å². The summed E-state index contributed by atoms with van der Waals surface area (Å²) in [4.78, 5) is 2.47.